The van der Waals surface area contributed by atoms with Crippen LogP contribution < -0.4 is 53.2 Å². The van der Waals surface area contributed by atoms with Gasteiger partial charge in [-0.05, 0) is 164 Å². The lowest BCUT2D eigenvalue weighted by molar-refractivity contribution is 0.261. The summed E-state index contributed by atoms with van der Waals surface area (Å²) in [5, 5.41) is 45.3. The molecule has 6 heterocycles. The van der Waals surface area contributed by atoms with E-state index in [1.165, 1.54) is 23.5 Å². The van der Waals surface area contributed by atoms with Gasteiger partial charge in [-0.25, -0.2) is 28.9 Å². The van der Waals surface area contributed by atoms with Crippen molar-refractivity contribution in [3.63, 3.8) is 0 Å². The van der Waals surface area contributed by atoms with Gasteiger partial charge in [0.05, 0.1) is 12.4 Å². The molecular weight excluding hydrogens is 1260 g/mol. The van der Waals surface area contributed by atoms with Gasteiger partial charge < -0.3 is 42.5 Å². The SMILES string of the molecule is CCNc1nc(Cl)nc(NC(C)C)n1.CCNc1nc(Cl)nc(NC(C)C)n1.CCn1nccc1NC(=O)Nc1ccccc1.CCn1nccc1NC(=O)Nc1ccccc1.CSc1nc(N=[N+]=[N-])nc(NC(C)C)n1.CSc1nc(N=[N+]=[N-])nc(NC(C)C)n1. The third-order valence-electron chi connectivity index (χ3n) is 9.98. The maximum absolute atomic E-state index is 11.7. The van der Waals surface area contributed by atoms with E-state index in [-0.39, 0.29) is 58.7 Å². The molecule has 6 aromatic heterocycles. The van der Waals surface area contributed by atoms with Crippen molar-refractivity contribution in [1.29, 1.82) is 0 Å². The second kappa shape index (κ2) is 43.0. The van der Waals surface area contributed by atoms with E-state index in [1.807, 2.05) is 156 Å². The number of nitrogens with one attached hydrogen (secondary N) is 10. The molecule has 0 spiro atoms. The summed E-state index contributed by atoms with van der Waals surface area (Å²) in [6, 6.07) is 22.5. The maximum atomic E-state index is 11.7. The molecule has 8 aromatic rings. The van der Waals surface area contributed by atoms with Crippen LogP contribution in [0.3, 0.4) is 0 Å². The number of anilines is 10. The molecule has 8 rings (SSSR count). The largest absolute Gasteiger partial charge is 0.354 e. The average Bonchev–Trinajstić information content (AvgIpc) is 1.87. The number of nitrogens with zero attached hydrogens (tertiary/aromatic N) is 22. The summed E-state index contributed by atoms with van der Waals surface area (Å²) in [6.45, 7) is 26.7. The van der Waals surface area contributed by atoms with Crippen LogP contribution in [0.4, 0.5) is 80.2 Å². The number of hydrogen-bond acceptors (Lipinski definition) is 26. The Bertz CT molecular complexity index is 3320. The summed E-state index contributed by atoms with van der Waals surface area (Å²) in [5.41, 5.74) is 18.1. The lowest BCUT2D eigenvalue weighted by Crippen LogP contribution is -2.21. The van der Waals surface area contributed by atoms with E-state index in [2.05, 4.69) is 143 Å². The van der Waals surface area contributed by atoms with Crippen molar-refractivity contribution in [2.24, 2.45) is 10.2 Å². The molecular formula is C54H78Cl2N32O2S2. The number of urea groups is 2. The minimum Gasteiger partial charge on any atom is -0.354 e. The Kier molecular flexibility index (Phi) is 35.7. The number of para-hydroxylation sites is 2. The first-order valence-electron chi connectivity index (χ1n) is 28.5. The van der Waals surface area contributed by atoms with E-state index in [0.29, 0.717) is 70.7 Å². The number of aromatic nitrogens is 16. The molecule has 0 bridgehead atoms. The second-order valence-electron chi connectivity index (χ2n) is 19.0. The van der Waals surface area contributed by atoms with Crippen molar-refractivity contribution >= 4 is 129 Å². The fraction of sp³-hybridized carbons (Fsp3) is 0.407. The number of azide groups is 2. The molecule has 0 saturated carbocycles. The van der Waals surface area contributed by atoms with Crippen LogP contribution in [0.25, 0.3) is 20.9 Å². The van der Waals surface area contributed by atoms with E-state index in [0.717, 1.165) is 24.5 Å². The number of carbonyl (C=O) groups is 2. The maximum Gasteiger partial charge on any atom is 0.324 e. The molecule has 10 N–H and O–H groups in total. The highest BCUT2D eigenvalue weighted by atomic mass is 35.5. The zero-order valence-corrected chi connectivity index (χ0v) is 56.6. The van der Waals surface area contributed by atoms with Gasteiger partial charge in [0.2, 0.25) is 58.2 Å². The number of aryl methyl sites for hydroxylation is 2. The summed E-state index contributed by atoms with van der Waals surface area (Å²) < 4.78 is 3.43. The van der Waals surface area contributed by atoms with E-state index >= 15 is 0 Å². The third-order valence-corrected chi connectivity index (χ3v) is 11.4. The number of benzene rings is 2. The van der Waals surface area contributed by atoms with Crippen LogP contribution in [-0.2, 0) is 13.1 Å². The Morgan fingerprint density at radius 2 is 0.793 bits per heavy atom. The minimum absolute atomic E-state index is 0.0833. The number of thioether (sulfide) groups is 2. The second-order valence-corrected chi connectivity index (χ2v) is 21.2. The first-order valence-corrected chi connectivity index (χ1v) is 31.7. The fourth-order valence-corrected chi connectivity index (χ4v) is 7.51. The molecule has 492 valence electrons. The molecule has 0 saturated heterocycles. The molecule has 0 aliphatic heterocycles. The van der Waals surface area contributed by atoms with Crippen molar-refractivity contribution in [2.45, 2.75) is 131 Å². The van der Waals surface area contributed by atoms with Crippen molar-refractivity contribution in [1.82, 2.24) is 79.4 Å². The van der Waals surface area contributed by atoms with Crippen LogP contribution in [0.2, 0.25) is 10.6 Å². The zero-order valence-electron chi connectivity index (χ0n) is 53.4. The Morgan fingerprint density at radius 1 is 0.467 bits per heavy atom. The van der Waals surface area contributed by atoms with Gasteiger partial charge in [-0.1, -0.05) is 59.9 Å². The van der Waals surface area contributed by atoms with E-state index in [1.54, 1.807) is 33.9 Å². The van der Waals surface area contributed by atoms with Crippen LogP contribution in [0, 0.1) is 0 Å². The van der Waals surface area contributed by atoms with Gasteiger partial charge in [0.15, 0.2) is 10.3 Å². The summed E-state index contributed by atoms with van der Waals surface area (Å²) in [7, 11) is 0. The average molecular weight is 1340 g/mol. The van der Waals surface area contributed by atoms with Crippen molar-refractivity contribution in [3.8, 4) is 0 Å². The minimum atomic E-state index is -0.272. The summed E-state index contributed by atoms with van der Waals surface area (Å²) in [4.78, 5) is 76.6. The molecule has 0 unspecified atom stereocenters. The van der Waals surface area contributed by atoms with Crippen LogP contribution >= 0.6 is 46.7 Å². The van der Waals surface area contributed by atoms with E-state index in [4.69, 9.17) is 34.3 Å². The van der Waals surface area contributed by atoms with Crippen molar-refractivity contribution in [3.05, 3.63) is 117 Å². The number of hydrogen-bond donors (Lipinski definition) is 10. The first kappa shape index (κ1) is 76.4. The van der Waals surface area contributed by atoms with E-state index < -0.39 is 0 Å². The molecule has 34 nitrogen and oxygen atoms in total. The highest BCUT2D eigenvalue weighted by molar-refractivity contribution is 7.98. The van der Waals surface area contributed by atoms with Gasteiger partial charge in [-0.15, -0.1) is 0 Å². The van der Waals surface area contributed by atoms with Crippen molar-refractivity contribution < 1.29 is 9.59 Å². The van der Waals surface area contributed by atoms with Crippen LogP contribution in [0.1, 0.15) is 83.1 Å². The molecule has 2 aromatic carbocycles. The number of halogens is 2. The lowest BCUT2D eigenvalue weighted by atomic mass is 10.3. The van der Waals surface area contributed by atoms with Gasteiger partial charge in [0, 0.05) is 83.7 Å². The summed E-state index contributed by atoms with van der Waals surface area (Å²) in [5.74, 6) is 4.36. The van der Waals surface area contributed by atoms with Gasteiger partial charge in [0.25, 0.3) is 0 Å². The topological polar surface area (TPSA) is 442 Å². The predicted molar refractivity (Wildman–Crippen MR) is 368 cm³/mol. The summed E-state index contributed by atoms with van der Waals surface area (Å²) >= 11 is 14.2. The van der Waals surface area contributed by atoms with Gasteiger partial charge in [-0.3, -0.25) is 10.6 Å². The van der Waals surface area contributed by atoms with Crippen LogP contribution in [-0.4, -0.2) is 141 Å². The molecule has 4 amide bonds. The Morgan fingerprint density at radius 3 is 1.09 bits per heavy atom. The normalized spacial score (nSPS) is 10.0. The van der Waals surface area contributed by atoms with Crippen LogP contribution in [0.5, 0.6) is 0 Å². The molecule has 0 aliphatic rings. The fourth-order valence-electron chi connectivity index (χ4n) is 6.49. The van der Waals surface area contributed by atoms with Gasteiger partial charge in [0.1, 0.15) is 11.6 Å². The van der Waals surface area contributed by atoms with E-state index in [9.17, 15) is 9.59 Å². The molecule has 0 radical (unpaired) electrons. The molecule has 0 aliphatic carbocycles. The highest BCUT2D eigenvalue weighted by Crippen LogP contribution is 2.19. The third kappa shape index (κ3) is 31.5. The number of rotatable bonds is 22. The monoisotopic (exact) mass is 1340 g/mol. The van der Waals surface area contributed by atoms with Crippen molar-refractivity contribution in [2.75, 3.05) is 78.8 Å². The number of carbonyl (C=O) groups excluding carboxylic acids is 2. The van der Waals surface area contributed by atoms with Crippen LogP contribution in [0.15, 0.2) is 106 Å². The van der Waals surface area contributed by atoms with Gasteiger partial charge in [-0.2, -0.15) is 60.0 Å². The number of amides is 4. The van der Waals surface area contributed by atoms with Gasteiger partial charge >= 0.3 is 12.1 Å². The molecule has 0 atom stereocenters. The molecule has 0 fully saturated rings. The summed E-state index contributed by atoms with van der Waals surface area (Å²) in [6.07, 6.45) is 6.99. The molecule has 92 heavy (non-hydrogen) atoms. The highest BCUT2D eigenvalue weighted by Gasteiger charge is 2.11. The first-order chi connectivity index (χ1) is 44.1. The quantitative estimate of drug-likeness (QED) is 0.0130. The molecule has 38 heteroatoms. The Hall–Kier alpha value is -9.86. The Labute approximate surface area is 551 Å². The zero-order chi connectivity index (χ0) is 67.8. The lowest BCUT2D eigenvalue weighted by Gasteiger charge is -2.09. The standard InChI is InChI=1S/2C12H14N4O.2C8H14ClN5.2C7H11N7S/c2*1-2-16-11(8-9-13-16)15-12(17)14-10-6-4-3-5-7-10;2*1-4-10-7-12-6(9)13-8(14-7)11-5(2)3;2*1-4(2)9-5-10-6(13-14-8)12-7(11-5)15-3/h2*3-9H,2H2,1H3,(H2,14,15,17);2*5H,4H2,1-3H3,(H2,10,11,12,13,14);2*4H,1-3H3,(H,9,10,11,12). The smallest absolute Gasteiger partial charge is 0.324 e. The predicted octanol–water partition coefficient (Wildman–Crippen LogP) is 13.4. The Balaban J connectivity index is 0.000000289.